The van der Waals surface area contributed by atoms with E-state index in [1.54, 1.807) is 0 Å². The van der Waals surface area contributed by atoms with Crippen molar-refractivity contribution >= 4 is 27.8 Å². The average molecular weight is 362 g/mol. The Kier molecular flexibility index (Phi) is 4.61. The van der Waals surface area contributed by atoms with Gasteiger partial charge in [-0.05, 0) is 25.0 Å². The SMILES string of the molecule is O=C(O)CC1(NC(=O)c2c(F)cc(Br)cc2F)CCCC1. The van der Waals surface area contributed by atoms with Gasteiger partial charge in [-0.2, -0.15) is 0 Å². The fourth-order valence-corrected chi connectivity index (χ4v) is 3.15. The van der Waals surface area contributed by atoms with Crippen LogP contribution in [0.25, 0.3) is 0 Å². The molecule has 21 heavy (non-hydrogen) atoms. The summed E-state index contributed by atoms with van der Waals surface area (Å²) in [6.45, 7) is 0. The summed E-state index contributed by atoms with van der Waals surface area (Å²) in [6, 6.07) is 1.99. The van der Waals surface area contributed by atoms with Gasteiger partial charge in [-0.25, -0.2) is 8.78 Å². The van der Waals surface area contributed by atoms with Gasteiger partial charge < -0.3 is 10.4 Å². The second kappa shape index (κ2) is 6.09. The highest BCUT2D eigenvalue weighted by Gasteiger charge is 2.38. The molecule has 1 amide bonds. The predicted octanol–water partition coefficient (Wildman–Crippen LogP) is 3.24. The van der Waals surface area contributed by atoms with Gasteiger partial charge in [0.25, 0.3) is 5.91 Å². The van der Waals surface area contributed by atoms with Crippen molar-refractivity contribution in [2.45, 2.75) is 37.6 Å². The molecule has 1 saturated carbocycles. The molecule has 0 heterocycles. The van der Waals surface area contributed by atoms with E-state index in [0.29, 0.717) is 12.8 Å². The smallest absolute Gasteiger partial charge is 0.305 e. The van der Waals surface area contributed by atoms with Crippen LogP contribution in [0.1, 0.15) is 42.5 Å². The molecule has 0 aromatic heterocycles. The summed E-state index contributed by atoms with van der Waals surface area (Å²) in [6.07, 6.45) is 2.28. The van der Waals surface area contributed by atoms with Crippen LogP contribution in [0.5, 0.6) is 0 Å². The zero-order valence-electron chi connectivity index (χ0n) is 11.1. The molecule has 1 aliphatic rings. The number of amides is 1. The lowest BCUT2D eigenvalue weighted by molar-refractivity contribution is -0.138. The van der Waals surface area contributed by atoms with Crippen molar-refractivity contribution in [2.75, 3.05) is 0 Å². The number of carboxylic acid groups (broad SMARTS) is 1. The monoisotopic (exact) mass is 361 g/mol. The van der Waals surface area contributed by atoms with E-state index < -0.39 is 34.6 Å². The van der Waals surface area contributed by atoms with Crippen molar-refractivity contribution in [2.24, 2.45) is 0 Å². The van der Waals surface area contributed by atoms with Gasteiger partial charge in [-0.15, -0.1) is 0 Å². The highest BCUT2D eigenvalue weighted by Crippen LogP contribution is 2.33. The van der Waals surface area contributed by atoms with Crippen LogP contribution in [-0.4, -0.2) is 22.5 Å². The number of carbonyl (C=O) groups excluding carboxylic acids is 1. The van der Waals surface area contributed by atoms with E-state index in [-0.39, 0.29) is 10.9 Å². The molecule has 1 aromatic carbocycles. The maximum Gasteiger partial charge on any atom is 0.305 e. The van der Waals surface area contributed by atoms with Gasteiger partial charge in [0.1, 0.15) is 17.2 Å². The van der Waals surface area contributed by atoms with E-state index in [4.69, 9.17) is 5.11 Å². The lowest BCUT2D eigenvalue weighted by Gasteiger charge is -2.28. The van der Waals surface area contributed by atoms with Crippen molar-refractivity contribution in [1.82, 2.24) is 5.32 Å². The van der Waals surface area contributed by atoms with E-state index in [9.17, 15) is 18.4 Å². The summed E-state index contributed by atoms with van der Waals surface area (Å²) >= 11 is 2.94. The van der Waals surface area contributed by atoms with Gasteiger partial charge in [0.15, 0.2) is 0 Å². The number of carbonyl (C=O) groups is 2. The first kappa shape index (κ1) is 15.9. The van der Waals surface area contributed by atoms with Gasteiger partial charge in [0, 0.05) is 4.47 Å². The first-order valence-electron chi connectivity index (χ1n) is 6.52. The molecule has 0 saturated heterocycles. The molecular weight excluding hydrogens is 348 g/mol. The molecule has 7 heteroatoms. The van der Waals surface area contributed by atoms with Crippen molar-refractivity contribution in [3.63, 3.8) is 0 Å². The van der Waals surface area contributed by atoms with Crippen LogP contribution in [0.4, 0.5) is 8.78 Å². The molecule has 0 bridgehead atoms. The molecule has 4 nitrogen and oxygen atoms in total. The first-order chi connectivity index (χ1) is 9.83. The number of halogens is 3. The lowest BCUT2D eigenvalue weighted by atomic mass is 9.92. The third-order valence-corrected chi connectivity index (χ3v) is 4.12. The van der Waals surface area contributed by atoms with Crippen LogP contribution in [0.2, 0.25) is 0 Å². The topological polar surface area (TPSA) is 66.4 Å². The third kappa shape index (κ3) is 3.58. The standard InChI is InChI=1S/C14H14BrF2NO3/c15-8-5-9(16)12(10(17)6-8)13(21)18-14(7-11(19)20)3-1-2-4-14/h5-6H,1-4,7H2,(H,18,21)(H,19,20). The maximum atomic E-state index is 13.8. The largest absolute Gasteiger partial charge is 0.481 e. The lowest BCUT2D eigenvalue weighted by Crippen LogP contribution is -2.48. The number of rotatable bonds is 4. The van der Waals surface area contributed by atoms with E-state index in [1.165, 1.54) is 0 Å². The predicted molar refractivity (Wildman–Crippen MR) is 75.0 cm³/mol. The molecule has 114 valence electrons. The molecule has 2 rings (SSSR count). The molecular formula is C14H14BrF2NO3. The minimum Gasteiger partial charge on any atom is -0.481 e. The number of carboxylic acids is 1. The van der Waals surface area contributed by atoms with Crippen LogP contribution >= 0.6 is 15.9 Å². The van der Waals surface area contributed by atoms with E-state index >= 15 is 0 Å². The molecule has 1 aliphatic carbocycles. The Balaban J connectivity index is 2.26. The molecule has 1 fully saturated rings. The average Bonchev–Trinajstić information content (AvgIpc) is 2.74. The van der Waals surface area contributed by atoms with Gasteiger partial charge >= 0.3 is 5.97 Å². The van der Waals surface area contributed by atoms with E-state index in [1.807, 2.05) is 0 Å². The van der Waals surface area contributed by atoms with E-state index in [2.05, 4.69) is 21.2 Å². The highest BCUT2D eigenvalue weighted by molar-refractivity contribution is 9.10. The minimum absolute atomic E-state index is 0.190. The quantitative estimate of drug-likeness (QED) is 0.864. The van der Waals surface area contributed by atoms with E-state index in [0.717, 1.165) is 25.0 Å². The number of nitrogens with one attached hydrogen (secondary N) is 1. The Morgan fingerprint density at radius 1 is 1.24 bits per heavy atom. The van der Waals surface area contributed by atoms with Crippen molar-refractivity contribution in [3.8, 4) is 0 Å². The minimum atomic E-state index is -1.05. The van der Waals surface area contributed by atoms with Crippen molar-refractivity contribution in [3.05, 3.63) is 33.8 Å². The Morgan fingerprint density at radius 2 is 1.76 bits per heavy atom. The molecule has 0 unspecified atom stereocenters. The summed E-state index contributed by atoms with van der Waals surface area (Å²) < 4.78 is 27.7. The van der Waals surface area contributed by atoms with Crippen molar-refractivity contribution < 1.29 is 23.5 Å². The Morgan fingerprint density at radius 3 is 2.24 bits per heavy atom. The zero-order chi connectivity index (χ0) is 15.6. The fourth-order valence-electron chi connectivity index (χ4n) is 2.75. The number of hydrogen-bond donors (Lipinski definition) is 2. The number of hydrogen-bond acceptors (Lipinski definition) is 2. The van der Waals surface area contributed by atoms with Gasteiger partial charge in [0.2, 0.25) is 0 Å². The van der Waals surface area contributed by atoms with Gasteiger partial charge in [-0.1, -0.05) is 28.8 Å². The maximum absolute atomic E-state index is 13.8. The van der Waals surface area contributed by atoms with Crippen LogP contribution in [-0.2, 0) is 4.79 Å². The van der Waals surface area contributed by atoms with Gasteiger partial charge in [-0.3, -0.25) is 9.59 Å². The third-order valence-electron chi connectivity index (χ3n) is 3.66. The molecule has 0 spiro atoms. The molecule has 0 atom stereocenters. The highest BCUT2D eigenvalue weighted by atomic mass is 79.9. The Hall–Kier alpha value is -1.50. The van der Waals surface area contributed by atoms with Crippen LogP contribution < -0.4 is 5.32 Å². The second-order valence-corrected chi connectivity index (χ2v) is 6.17. The fraction of sp³-hybridized carbons (Fsp3) is 0.429. The molecule has 1 aromatic rings. The van der Waals surface area contributed by atoms with Crippen LogP contribution in [0.3, 0.4) is 0 Å². The first-order valence-corrected chi connectivity index (χ1v) is 7.31. The van der Waals surface area contributed by atoms with Gasteiger partial charge in [0.05, 0.1) is 12.0 Å². The van der Waals surface area contributed by atoms with Crippen LogP contribution in [0.15, 0.2) is 16.6 Å². The second-order valence-electron chi connectivity index (χ2n) is 5.26. The van der Waals surface area contributed by atoms with Crippen LogP contribution in [0, 0.1) is 11.6 Å². The molecule has 0 aliphatic heterocycles. The summed E-state index contributed by atoms with van der Waals surface area (Å²) in [4.78, 5) is 23.1. The summed E-state index contributed by atoms with van der Waals surface area (Å²) in [5.74, 6) is -3.93. The zero-order valence-corrected chi connectivity index (χ0v) is 12.7. The Bertz CT molecular complexity index is 563. The van der Waals surface area contributed by atoms with Crippen molar-refractivity contribution in [1.29, 1.82) is 0 Å². The molecule has 2 N–H and O–H groups in total. The normalized spacial score (nSPS) is 16.7. The Labute approximate surface area is 128 Å². The number of aliphatic carboxylic acids is 1. The number of benzene rings is 1. The molecule has 0 radical (unpaired) electrons. The summed E-state index contributed by atoms with van der Waals surface area (Å²) in [7, 11) is 0. The summed E-state index contributed by atoms with van der Waals surface area (Å²) in [5.41, 5.74) is -1.61. The summed E-state index contributed by atoms with van der Waals surface area (Å²) in [5, 5.41) is 11.5.